The third-order valence-corrected chi connectivity index (χ3v) is 2.68. The first-order valence-electron chi connectivity index (χ1n) is 5.26. The highest BCUT2D eigenvalue weighted by Gasteiger charge is 2.20. The molecule has 0 unspecified atom stereocenters. The molecule has 5 nitrogen and oxygen atoms in total. The molecule has 0 aliphatic carbocycles. The van der Waals surface area contributed by atoms with Crippen LogP contribution in [0, 0.1) is 11.6 Å². The molecule has 3 rings (SSSR count). The fourth-order valence-corrected chi connectivity index (χ4v) is 1.82. The number of hydrazone groups is 1. The summed E-state index contributed by atoms with van der Waals surface area (Å²) in [4.78, 5) is 7.05. The van der Waals surface area contributed by atoms with Crippen LogP contribution in [0.4, 0.5) is 8.78 Å². The van der Waals surface area contributed by atoms with Crippen molar-refractivity contribution >= 4 is 5.84 Å². The summed E-state index contributed by atoms with van der Waals surface area (Å²) in [5, 5.41) is 3.81. The van der Waals surface area contributed by atoms with Crippen LogP contribution in [0.1, 0.15) is 11.4 Å². The van der Waals surface area contributed by atoms with E-state index in [-0.39, 0.29) is 17.2 Å². The standard InChI is InChI=1S/C11H9F2N5/c12-6-3-1-2-5(8(6)13)11-16-7-4-15-18-10(14)9(7)17-11/h1-3,15H,4H2,(H2,14,18)(H,16,17). The zero-order valence-electron chi connectivity index (χ0n) is 9.17. The summed E-state index contributed by atoms with van der Waals surface area (Å²) in [6.07, 6.45) is 0. The van der Waals surface area contributed by atoms with Gasteiger partial charge in [0.2, 0.25) is 0 Å². The van der Waals surface area contributed by atoms with E-state index in [0.717, 1.165) is 6.07 Å². The normalized spacial score (nSPS) is 13.8. The van der Waals surface area contributed by atoms with Crippen LogP contribution in [0.15, 0.2) is 23.3 Å². The van der Waals surface area contributed by atoms with Crippen LogP contribution in [-0.4, -0.2) is 15.8 Å². The lowest BCUT2D eigenvalue weighted by molar-refractivity contribution is 0.510. The molecule has 7 heteroatoms. The topological polar surface area (TPSA) is 79.1 Å². The van der Waals surface area contributed by atoms with E-state index in [4.69, 9.17) is 5.73 Å². The molecule has 18 heavy (non-hydrogen) atoms. The van der Waals surface area contributed by atoms with Crippen LogP contribution in [0.3, 0.4) is 0 Å². The molecule has 4 N–H and O–H groups in total. The zero-order valence-corrected chi connectivity index (χ0v) is 9.17. The number of rotatable bonds is 1. The van der Waals surface area contributed by atoms with Gasteiger partial charge in [0.1, 0.15) is 11.5 Å². The highest BCUT2D eigenvalue weighted by Crippen LogP contribution is 2.23. The van der Waals surface area contributed by atoms with E-state index in [1.807, 2.05) is 0 Å². The molecule has 0 saturated carbocycles. The predicted octanol–water partition coefficient (Wildman–Crippen LogP) is 1.08. The Morgan fingerprint density at radius 3 is 2.89 bits per heavy atom. The zero-order chi connectivity index (χ0) is 12.7. The number of aromatic nitrogens is 2. The molecule has 0 spiro atoms. The van der Waals surface area contributed by atoms with E-state index in [9.17, 15) is 8.78 Å². The second-order valence-electron chi connectivity index (χ2n) is 3.85. The van der Waals surface area contributed by atoms with Gasteiger partial charge in [-0.05, 0) is 12.1 Å². The maximum atomic E-state index is 13.6. The fourth-order valence-electron chi connectivity index (χ4n) is 1.82. The van der Waals surface area contributed by atoms with Crippen molar-refractivity contribution < 1.29 is 8.78 Å². The van der Waals surface area contributed by atoms with E-state index >= 15 is 0 Å². The quantitative estimate of drug-likeness (QED) is 0.707. The van der Waals surface area contributed by atoms with Crippen molar-refractivity contribution in [3.63, 3.8) is 0 Å². The minimum Gasteiger partial charge on any atom is -0.380 e. The SMILES string of the molecule is NC1=NNCc2[nH]c(-c3cccc(F)c3F)nc21. The Morgan fingerprint density at radius 1 is 1.28 bits per heavy atom. The number of imidazole rings is 1. The number of aromatic amines is 1. The van der Waals surface area contributed by atoms with E-state index in [0.29, 0.717) is 17.9 Å². The monoisotopic (exact) mass is 249 g/mol. The van der Waals surface area contributed by atoms with Crippen molar-refractivity contribution in [3.05, 3.63) is 41.2 Å². The first-order chi connectivity index (χ1) is 8.66. The lowest BCUT2D eigenvalue weighted by Crippen LogP contribution is -2.26. The molecule has 0 atom stereocenters. The molecular weight excluding hydrogens is 240 g/mol. The van der Waals surface area contributed by atoms with Crippen molar-refractivity contribution in [3.8, 4) is 11.4 Å². The Kier molecular flexibility index (Phi) is 2.26. The maximum Gasteiger partial charge on any atom is 0.171 e. The molecule has 1 aromatic carbocycles. The van der Waals surface area contributed by atoms with Crippen LogP contribution in [-0.2, 0) is 6.54 Å². The van der Waals surface area contributed by atoms with Gasteiger partial charge in [-0.3, -0.25) is 0 Å². The number of hydrogen-bond acceptors (Lipinski definition) is 4. The summed E-state index contributed by atoms with van der Waals surface area (Å²) < 4.78 is 26.8. The van der Waals surface area contributed by atoms with Gasteiger partial charge in [-0.25, -0.2) is 13.8 Å². The number of nitrogens with two attached hydrogens (primary N) is 1. The summed E-state index contributed by atoms with van der Waals surface area (Å²) in [7, 11) is 0. The number of H-pyrrole nitrogens is 1. The van der Waals surface area contributed by atoms with Crippen LogP contribution >= 0.6 is 0 Å². The lowest BCUT2D eigenvalue weighted by atomic mass is 10.2. The smallest absolute Gasteiger partial charge is 0.171 e. The molecule has 2 heterocycles. The van der Waals surface area contributed by atoms with Gasteiger partial charge in [0.15, 0.2) is 17.5 Å². The van der Waals surface area contributed by atoms with Gasteiger partial charge in [-0.2, -0.15) is 5.10 Å². The van der Waals surface area contributed by atoms with E-state index in [1.165, 1.54) is 12.1 Å². The predicted molar refractivity (Wildman–Crippen MR) is 61.5 cm³/mol. The molecule has 1 aliphatic rings. The maximum absolute atomic E-state index is 13.6. The van der Waals surface area contributed by atoms with Crippen LogP contribution in [0.5, 0.6) is 0 Å². The molecule has 0 saturated heterocycles. The third kappa shape index (κ3) is 1.52. The minimum atomic E-state index is -0.938. The summed E-state index contributed by atoms with van der Waals surface area (Å²) in [5.74, 6) is -1.40. The second-order valence-corrected chi connectivity index (χ2v) is 3.85. The Balaban J connectivity index is 2.14. The number of nitrogens with one attached hydrogen (secondary N) is 2. The van der Waals surface area contributed by atoms with Gasteiger partial charge < -0.3 is 16.1 Å². The van der Waals surface area contributed by atoms with Crippen LogP contribution < -0.4 is 11.2 Å². The molecule has 2 aromatic rings. The fraction of sp³-hybridized carbons (Fsp3) is 0.0909. The van der Waals surface area contributed by atoms with Gasteiger partial charge in [0.05, 0.1) is 17.8 Å². The molecule has 1 aliphatic heterocycles. The highest BCUT2D eigenvalue weighted by atomic mass is 19.2. The molecule has 0 fully saturated rings. The summed E-state index contributed by atoms with van der Waals surface area (Å²) in [6.45, 7) is 0.417. The van der Waals surface area contributed by atoms with Gasteiger partial charge in [-0.15, -0.1) is 0 Å². The van der Waals surface area contributed by atoms with Gasteiger partial charge in [-0.1, -0.05) is 6.07 Å². The van der Waals surface area contributed by atoms with Gasteiger partial charge in [0.25, 0.3) is 0 Å². The number of halogens is 2. The van der Waals surface area contributed by atoms with Gasteiger partial charge in [0, 0.05) is 0 Å². The molecule has 0 amide bonds. The molecule has 1 aromatic heterocycles. The van der Waals surface area contributed by atoms with Crippen molar-refractivity contribution in [2.75, 3.05) is 0 Å². The average molecular weight is 249 g/mol. The molecule has 92 valence electrons. The first-order valence-corrected chi connectivity index (χ1v) is 5.26. The Labute approximate surface area is 101 Å². The number of hydrogen-bond donors (Lipinski definition) is 3. The molecular formula is C11H9F2N5. The Bertz CT molecular complexity index is 647. The van der Waals surface area contributed by atoms with E-state index < -0.39 is 11.6 Å². The molecule has 0 bridgehead atoms. The number of nitrogens with zero attached hydrogens (tertiary/aromatic N) is 2. The van der Waals surface area contributed by atoms with E-state index in [2.05, 4.69) is 20.5 Å². The summed E-state index contributed by atoms with van der Waals surface area (Å²) in [5.41, 5.74) is 9.58. The number of fused-ring (bicyclic) bond motifs is 1. The van der Waals surface area contributed by atoms with Crippen molar-refractivity contribution in [2.45, 2.75) is 6.54 Å². The Morgan fingerprint density at radius 2 is 2.11 bits per heavy atom. The first kappa shape index (κ1) is 10.7. The van der Waals surface area contributed by atoms with Crippen molar-refractivity contribution in [1.29, 1.82) is 0 Å². The highest BCUT2D eigenvalue weighted by molar-refractivity contribution is 5.97. The summed E-state index contributed by atoms with van der Waals surface area (Å²) >= 11 is 0. The minimum absolute atomic E-state index is 0.0669. The number of benzene rings is 1. The largest absolute Gasteiger partial charge is 0.380 e. The van der Waals surface area contributed by atoms with Crippen LogP contribution in [0.25, 0.3) is 11.4 Å². The third-order valence-electron chi connectivity index (χ3n) is 2.68. The summed E-state index contributed by atoms with van der Waals surface area (Å²) in [6, 6.07) is 3.92. The van der Waals surface area contributed by atoms with E-state index in [1.54, 1.807) is 0 Å². The molecule has 0 radical (unpaired) electrons. The average Bonchev–Trinajstić information content (AvgIpc) is 2.78. The second kappa shape index (κ2) is 3.80. The van der Waals surface area contributed by atoms with Crippen molar-refractivity contribution in [2.24, 2.45) is 10.8 Å². The lowest BCUT2D eigenvalue weighted by Gasteiger charge is -2.07. The van der Waals surface area contributed by atoms with Gasteiger partial charge >= 0.3 is 0 Å². The van der Waals surface area contributed by atoms with Crippen LogP contribution in [0.2, 0.25) is 0 Å². The van der Waals surface area contributed by atoms with Crippen molar-refractivity contribution in [1.82, 2.24) is 15.4 Å². The Hall–Kier alpha value is -2.44. The number of amidine groups is 1.